The van der Waals surface area contributed by atoms with E-state index < -0.39 is 0 Å². The monoisotopic (exact) mass is 445 g/mol. The van der Waals surface area contributed by atoms with Gasteiger partial charge in [-0.15, -0.1) is 0 Å². The molecule has 3 heteroatoms. The number of carbonyl (C=O) groups excluding carboxylic acids is 1. The minimum Gasteiger partial charge on any atom is -0.425 e. The number of rotatable bonds is 10. The zero-order valence-corrected chi connectivity index (χ0v) is 20.6. The van der Waals surface area contributed by atoms with Crippen LogP contribution in [-0.4, -0.2) is 5.97 Å². The maximum absolute atomic E-state index is 12.8. The van der Waals surface area contributed by atoms with Gasteiger partial charge in [0.1, 0.15) is 11.8 Å². The van der Waals surface area contributed by atoms with Crippen molar-refractivity contribution in [3.05, 3.63) is 64.7 Å². The summed E-state index contributed by atoms with van der Waals surface area (Å²) in [6.07, 6.45) is 10.7. The van der Waals surface area contributed by atoms with E-state index >= 15 is 0 Å². The van der Waals surface area contributed by atoms with Gasteiger partial charge in [-0.05, 0) is 92.0 Å². The lowest BCUT2D eigenvalue weighted by molar-refractivity contribution is -0.140. The van der Waals surface area contributed by atoms with Crippen LogP contribution in [0.25, 0.3) is 0 Å². The summed E-state index contributed by atoms with van der Waals surface area (Å²) in [6, 6.07) is 17.0. The predicted molar refractivity (Wildman–Crippen MR) is 134 cm³/mol. The Morgan fingerprint density at radius 2 is 1.70 bits per heavy atom. The Morgan fingerprint density at radius 3 is 2.33 bits per heavy atom. The molecule has 0 saturated heterocycles. The van der Waals surface area contributed by atoms with Crippen LogP contribution < -0.4 is 4.74 Å². The van der Waals surface area contributed by atoms with Crippen molar-refractivity contribution in [3.8, 4) is 11.8 Å². The van der Waals surface area contributed by atoms with Crippen LogP contribution in [0.5, 0.6) is 5.75 Å². The molecule has 0 heterocycles. The number of unbranched alkanes of at least 4 members (excludes halogenated alkanes) is 2. The minimum atomic E-state index is -0.189. The second-order valence-electron chi connectivity index (χ2n) is 10.0. The lowest BCUT2D eigenvalue weighted by Crippen LogP contribution is -2.25. The van der Waals surface area contributed by atoms with Crippen LogP contribution in [-0.2, 0) is 17.6 Å². The topological polar surface area (TPSA) is 50.1 Å². The molecule has 0 unspecified atom stereocenters. The van der Waals surface area contributed by atoms with Crippen LogP contribution in [0.3, 0.4) is 0 Å². The summed E-state index contributed by atoms with van der Waals surface area (Å²) in [5, 5.41) is 9.54. The molecule has 0 aliphatic heterocycles. The van der Waals surface area contributed by atoms with Gasteiger partial charge in [0.25, 0.3) is 0 Å². The highest BCUT2D eigenvalue weighted by atomic mass is 16.5. The van der Waals surface area contributed by atoms with Gasteiger partial charge in [-0.25, -0.2) is 0 Å². The molecular formula is C30H39NO2. The van der Waals surface area contributed by atoms with Gasteiger partial charge < -0.3 is 4.74 Å². The van der Waals surface area contributed by atoms with Crippen molar-refractivity contribution in [1.29, 1.82) is 5.26 Å². The largest absolute Gasteiger partial charge is 0.425 e. The molecule has 1 aliphatic carbocycles. The lowest BCUT2D eigenvalue weighted by Gasteiger charge is -2.27. The number of hydrogen-bond acceptors (Lipinski definition) is 3. The number of carbonyl (C=O) groups is 1. The molecule has 0 aromatic heterocycles. The fourth-order valence-corrected chi connectivity index (χ4v) is 4.75. The summed E-state index contributed by atoms with van der Waals surface area (Å²) in [6.45, 7) is 6.63. The summed E-state index contributed by atoms with van der Waals surface area (Å²) in [5.74, 6) is 1.27. The Morgan fingerprint density at radius 1 is 1.00 bits per heavy atom. The molecular weight excluding hydrogens is 406 g/mol. The first-order chi connectivity index (χ1) is 16.0. The maximum atomic E-state index is 12.8. The SMILES string of the molecule is CCCCCc1ccc(C2CCC(C(=O)Oc3ccc(CCC(C)C)cc3C#N)CC2)cc1. The van der Waals surface area contributed by atoms with Gasteiger partial charge in [0, 0.05) is 0 Å². The van der Waals surface area contributed by atoms with E-state index in [1.807, 2.05) is 12.1 Å². The predicted octanol–water partition coefficient (Wildman–Crippen LogP) is 7.76. The second-order valence-corrected chi connectivity index (χ2v) is 10.0. The van der Waals surface area contributed by atoms with Gasteiger partial charge >= 0.3 is 5.97 Å². The molecule has 0 bridgehead atoms. The van der Waals surface area contributed by atoms with Crippen molar-refractivity contribution >= 4 is 5.97 Å². The van der Waals surface area contributed by atoms with Crippen LogP contribution in [0, 0.1) is 23.2 Å². The van der Waals surface area contributed by atoms with Crippen molar-refractivity contribution in [1.82, 2.24) is 0 Å². The van der Waals surface area contributed by atoms with E-state index in [-0.39, 0.29) is 11.9 Å². The van der Waals surface area contributed by atoms with Crippen molar-refractivity contribution in [2.24, 2.45) is 11.8 Å². The molecule has 1 saturated carbocycles. The molecule has 0 radical (unpaired) electrons. The molecule has 3 rings (SSSR count). The third-order valence-corrected chi connectivity index (χ3v) is 6.97. The maximum Gasteiger partial charge on any atom is 0.314 e. The Kier molecular flexibility index (Phi) is 9.55. The lowest BCUT2D eigenvalue weighted by atomic mass is 9.78. The van der Waals surface area contributed by atoms with Gasteiger partial charge in [0.2, 0.25) is 0 Å². The summed E-state index contributed by atoms with van der Waals surface area (Å²) in [7, 11) is 0. The molecule has 1 fully saturated rings. The molecule has 33 heavy (non-hydrogen) atoms. The van der Waals surface area contributed by atoms with E-state index in [1.54, 1.807) is 6.07 Å². The first-order valence-electron chi connectivity index (χ1n) is 12.8. The van der Waals surface area contributed by atoms with E-state index in [2.05, 4.69) is 51.1 Å². The van der Waals surface area contributed by atoms with Gasteiger partial charge in [-0.1, -0.05) is 63.9 Å². The summed E-state index contributed by atoms with van der Waals surface area (Å²) >= 11 is 0. The van der Waals surface area contributed by atoms with Crippen LogP contribution >= 0.6 is 0 Å². The quantitative estimate of drug-likeness (QED) is 0.213. The zero-order chi connectivity index (χ0) is 23.6. The molecule has 1 aliphatic rings. The molecule has 3 nitrogen and oxygen atoms in total. The highest BCUT2D eigenvalue weighted by molar-refractivity contribution is 5.76. The van der Waals surface area contributed by atoms with Gasteiger partial charge in [-0.3, -0.25) is 4.79 Å². The summed E-state index contributed by atoms with van der Waals surface area (Å²) < 4.78 is 5.70. The first-order valence-corrected chi connectivity index (χ1v) is 12.8. The molecule has 2 aromatic rings. The average molecular weight is 446 g/mol. The van der Waals surface area contributed by atoms with E-state index in [1.165, 1.54) is 30.4 Å². The Bertz CT molecular complexity index is 931. The van der Waals surface area contributed by atoms with Gasteiger partial charge in [0.05, 0.1) is 11.5 Å². The number of benzene rings is 2. The molecule has 2 aromatic carbocycles. The number of hydrogen-bond donors (Lipinski definition) is 0. The van der Waals surface area contributed by atoms with E-state index in [0.29, 0.717) is 23.1 Å². The van der Waals surface area contributed by atoms with Crippen LogP contribution in [0.15, 0.2) is 42.5 Å². The second kappa shape index (κ2) is 12.6. The fraction of sp³-hybridized carbons (Fsp3) is 0.533. The third-order valence-electron chi connectivity index (χ3n) is 6.97. The average Bonchev–Trinajstić information content (AvgIpc) is 2.84. The van der Waals surface area contributed by atoms with E-state index in [9.17, 15) is 10.1 Å². The minimum absolute atomic E-state index is 0.0817. The normalized spacial score (nSPS) is 18.2. The fourth-order valence-electron chi connectivity index (χ4n) is 4.75. The van der Waals surface area contributed by atoms with E-state index in [4.69, 9.17) is 4.74 Å². The Balaban J connectivity index is 1.52. The Hall–Kier alpha value is -2.60. The van der Waals surface area contributed by atoms with E-state index in [0.717, 1.165) is 50.5 Å². The summed E-state index contributed by atoms with van der Waals surface area (Å²) in [5.41, 5.74) is 4.40. The standard InChI is InChI=1S/C30H39NO2/c1-4-5-6-7-23-10-13-25(14-11-23)26-15-17-27(18-16-26)30(32)33-29-19-12-24(9-8-22(2)3)20-28(29)21-31/h10-14,19-20,22,26-27H,4-9,15-18H2,1-3H3. The van der Waals surface area contributed by atoms with Crippen molar-refractivity contribution in [3.63, 3.8) is 0 Å². The first kappa shape index (κ1) is 25.0. The van der Waals surface area contributed by atoms with Crippen LogP contribution in [0.4, 0.5) is 0 Å². The number of nitriles is 1. The number of nitrogens with zero attached hydrogens (tertiary/aromatic N) is 1. The highest BCUT2D eigenvalue weighted by Gasteiger charge is 2.29. The molecule has 0 N–H and O–H groups in total. The molecule has 0 spiro atoms. The van der Waals surface area contributed by atoms with Crippen molar-refractivity contribution in [2.75, 3.05) is 0 Å². The van der Waals surface area contributed by atoms with Gasteiger partial charge in [-0.2, -0.15) is 5.26 Å². The van der Waals surface area contributed by atoms with Crippen LogP contribution in [0.1, 0.15) is 100 Å². The van der Waals surface area contributed by atoms with Crippen LogP contribution in [0.2, 0.25) is 0 Å². The zero-order valence-electron chi connectivity index (χ0n) is 20.6. The molecule has 0 amide bonds. The smallest absolute Gasteiger partial charge is 0.314 e. The molecule has 0 atom stereocenters. The highest BCUT2D eigenvalue weighted by Crippen LogP contribution is 2.37. The Labute approximate surface area is 200 Å². The van der Waals surface area contributed by atoms with Crippen molar-refractivity contribution < 1.29 is 9.53 Å². The van der Waals surface area contributed by atoms with Gasteiger partial charge in [0.15, 0.2) is 0 Å². The molecule has 176 valence electrons. The summed E-state index contributed by atoms with van der Waals surface area (Å²) in [4.78, 5) is 12.8. The number of aryl methyl sites for hydroxylation is 2. The van der Waals surface area contributed by atoms with Crippen molar-refractivity contribution in [2.45, 2.75) is 90.9 Å². The number of esters is 1. The number of ether oxygens (including phenoxy) is 1. The third kappa shape index (κ3) is 7.46.